The van der Waals surface area contributed by atoms with E-state index in [4.69, 9.17) is 11.6 Å². The minimum Gasteiger partial charge on any atom is -0.308 e. The van der Waals surface area contributed by atoms with Gasteiger partial charge < -0.3 is 4.90 Å². The van der Waals surface area contributed by atoms with Gasteiger partial charge in [-0.1, -0.05) is 23.7 Å². The van der Waals surface area contributed by atoms with Gasteiger partial charge in [-0.3, -0.25) is 9.78 Å². The summed E-state index contributed by atoms with van der Waals surface area (Å²) < 4.78 is 14.1. The molecule has 0 spiro atoms. The highest BCUT2D eigenvalue weighted by atomic mass is 35.5. The average Bonchev–Trinajstić information content (AvgIpc) is 3.05. The van der Waals surface area contributed by atoms with E-state index in [0.29, 0.717) is 6.54 Å². The lowest BCUT2D eigenvalue weighted by molar-refractivity contribution is 0.0985. The van der Waals surface area contributed by atoms with Gasteiger partial charge in [0.25, 0.3) is 5.91 Å². The van der Waals surface area contributed by atoms with Crippen LogP contribution in [-0.2, 0) is 6.42 Å². The van der Waals surface area contributed by atoms with Crippen LogP contribution in [0, 0.1) is 5.82 Å². The monoisotopic (exact) mass is 352 g/mol. The molecular weight excluding hydrogens is 339 g/mol. The summed E-state index contributed by atoms with van der Waals surface area (Å²) in [6.45, 7) is 0.513. The summed E-state index contributed by atoms with van der Waals surface area (Å²) in [6, 6.07) is 14.1. The lowest BCUT2D eigenvalue weighted by atomic mass is 10.0. The van der Waals surface area contributed by atoms with Crippen molar-refractivity contribution in [1.29, 1.82) is 0 Å². The fourth-order valence-corrected chi connectivity index (χ4v) is 3.42. The van der Waals surface area contributed by atoms with Gasteiger partial charge in [0.15, 0.2) is 0 Å². The van der Waals surface area contributed by atoms with Gasteiger partial charge in [0.2, 0.25) is 0 Å². The van der Waals surface area contributed by atoms with Crippen molar-refractivity contribution in [1.82, 2.24) is 4.98 Å². The third kappa shape index (κ3) is 2.79. The molecular formula is C20H14ClFN2O. The lowest BCUT2D eigenvalue weighted by Gasteiger charge is -2.18. The van der Waals surface area contributed by atoms with Gasteiger partial charge in [-0.2, -0.15) is 0 Å². The van der Waals surface area contributed by atoms with Crippen LogP contribution in [0.2, 0.25) is 5.02 Å². The zero-order chi connectivity index (χ0) is 17.4. The number of benzene rings is 2. The van der Waals surface area contributed by atoms with Crippen LogP contribution in [0.15, 0.2) is 60.9 Å². The fraction of sp³-hybridized carbons (Fsp3) is 0.100. The maximum atomic E-state index is 14.1. The van der Waals surface area contributed by atoms with E-state index in [1.165, 1.54) is 18.2 Å². The van der Waals surface area contributed by atoms with Gasteiger partial charge >= 0.3 is 0 Å². The summed E-state index contributed by atoms with van der Waals surface area (Å²) in [4.78, 5) is 18.4. The van der Waals surface area contributed by atoms with Crippen molar-refractivity contribution in [3.63, 3.8) is 0 Å². The summed E-state index contributed by atoms with van der Waals surface area (Å²) in [5.41, 5.74) is 3.94. The zero-order valence-electron chi connectivity index (χ0n) is 13.2. The number of anilines is 1. The highest BCUT2D eigenvalue weighted by Crippen LogP contribution is 2.34. The molecule has 0 saturated heterocycles. The summed E-state index contributed by atoms with van der Waals surface area (Å²) >= 11 is 6.04. The normalized spacial score (nSPS) is 13.0. The Labute approximate surface area is 149 Å². The predicted octanol–water partition coefficient (Wildman–Crippen LogP) is 4.74. The third-order valence-corrected chi connectivity index (χ3v) is 4.73. The van der Waals surface area contributed by atoms with E-state index >= 15 is 0 Å². The van der Waals surface area contributed by atoms with E-state index in [-0.39, 0.29) is 10.6 Å². The molecule has 4 rings (SSSR count). The van der Waals surface area contributed by atoms with Crippen molar-refractivity contribution >= 4 is 23.2 Å². The fourth-order valence-electron chi connectivity index (χ4n) is 3.17. The predicted molar refractivity (Wildman–Crippen MR) is 96.5 cm³/mol. The molecule has 0 N–H and O–H groups in total. The van der Waals surface area contributed by atoms with Crippen LogP contribution in [0.25, 0.3) is 11.1 Å². The van der Waals surface area contributed by atoms with Gasteiger partial charge in [-0.15, -0.1) is 0 Å². The molecule has 0 atom stereocenters. The Morgan fingerprint density at radius 1 is 1.08 bits per heavy atom. The highest BCUT2D eigenvalue weighted by Gasteiger charge is 2.28. The quantitative estimate of drug-likeness (QED) is 0.667. The molecule has 3 aromatic rings. The number of pyridine rings is 1. The second-order valence-corrected chi connectivity index (χ2v) is 6.29. The zero-order valence-corrected chi connectivity index (χ0v) is 14.0. The van der Waals surface area contributed by atoms with Crippen molar-refractivity contribution in [2.24, 2.45) is 0 Å². The third-order valence-electron chi connectivity index (χ3n) is 4.41. The molecule has 3 nitrogen and oxygen atoms in total. The summed E-state index contributed by atoms with van der Waals surface area (Å²) in [5.74, 6) is -1.00. The van der Waals surface area contributed by atoms with Crippen molar-refractivity contribution in [2.45, 2.75) is 6.42 Å². The second-order valence-electron chi connectivity index (χ2n) is 5.88. The molecule has 25 heavy (non-hydrogen) atoms. The first kappa shape index (κ1) is 15.8. The van der Waals surface area contributed by atoms with Crippen LogP contribution < -0.4 is 4.90 Å². The van der Waals surface area contributed by atoms with E-state index in [1.807, 2.05) is 24.3 Å². The Morgan fingerprint density at radius 2 is 1.88 bits per heavy atom. The molecule has 1 aliphatic rings. The molecule has 5 heteroatoms. The summed E-state index contributed by atoms with van der Waals surface area (Å²) in [5, 5.41) is 0.131. The first-order valence-corrected chi connectivity index (χ1v) is 8.32. The molecule has 124 valence electrons. The van der Waals surface area contributed by atoms with Crippen LogP contribution in [0.4, 0.5) is 10.1 Å². The smallest absolute Gasteiger partial charge is 0.262 e. The van der Waals surface area contributed by atoms with Crippen LogP contribution in [-0.4, -0.2) is 17.4 Å². The minimum atomic E-state index is -0.598. The van der Waals surface area contributed by atoms with E-state index in [0.717, 1.165) is 28.8 Å². The van der Waals surface area contributed by atoms with Crippen molar-refractivity contribution < 1.29 is 9.18 Å². The van der Waals surface area contributed by atoms with Crippen molar-refractivity contribution in [3.05, 3.63) is 82.9 Å². The number of halogens is 2. The molecule has 1 aromatic heterocycles. The molecule has 2 aromatic carbocycles. The Bertz CT molecular complexity index is 939. The van der Waals surface area contributed by atoms with Gasteiger partial charge in [0, 0.05) is 24.6 Å². The molecule has 0 fully saturated rings. The molecule has 1 aliphatic heterocycles. The number of amides is 1. The number of carbonyl (C=O) groups is 1. The number of carbonyl (C=O) groups excluding carboxylic acids is 1. The Balaban J connectivity index is 1.70. The number of hydrogen-bond acceptors (Lipinski definition) is 2. The van der Waals surface area contributed by atoms with E-state index < -0.39 is 11.7 Å². The number of nitrogens with zero attached hydrogens (tertiary/aromatic N) is 2. The first-order valence-electron chi connectivity index (χ1n) is 7.94. The Hall–Kier alpha value is -2.72. The summed E-state index contributed by atoms with van der Waals surface area (Å²) in [7, 11) is 0. The number of aromatic nitrogens is 1. The van der Waals surface area contributed by atoms with Gasteiger partial charge in [0.05, 0.1) is 10.6 Å². The molecule has 0 aliphatic carbocycles. The standard InChI is InChI=1S/C20H14ClFN2O/c21-16-2-1-3-17(22)19(16)20(25)24-11-8-15-12-14(4-5-18(15)24)13-6-9-23-10-7-13/h1-7,9-10,12H,8,11H2. The number of hydrogen-bond donors (Lipinski definition) is 0. The lowest BCUT2D eigenvalue weighted by Crippen LogP contribution is -2.29. The topological polar surface area (TPSA) is 33.2 Å². The molecule has 0 unspecified atom stereocenters. The van der Waals surface area contributed by atoms with Crippen LogP contribution >= 0.6 is 11.6 Å². The molecule has 2 heterocycles. The Kier molecular flexibility index (Phi) is 3.98. The van der Waals surface area contributed by atoms with E-state index in [9.17, 15) is 9.18 Å². The van der Waals surface area contributed by atoms with Gasteiger partial charge in [-0.05, 0) is 59.5 Å². The van der Waals surface area contributed by atoms with Gasteiger partial charge in [-0.25, -0.2) is 4.39 Å². The molecule has 0 saturated carbocycles. The second kappa shape index (κ2) is 6.30. The van der Waals surface area contributed by atoms with Crippen LogP contribution in [0.5, 0.6) is 0 Å². The largest absolute Gasteiger partial charge is 0.308 e. The van der Waals surface area contributed by atoms with E-state index in [1.54, 1.807) is 17.3 Å². The van der Waals surface area contributed by atoms with Crippen LogP contribution in [0.3, 0.4) is 0 Å². The number of rotatable bonds is 2. The summed E-state index contributed by atoms with van der Waals surface area (Å²) in [6.07, 6.45) is 4.23. The van der Waals surface area contributed by atoms with Crippen LogP contribution in [0.1, 0.15) is 15.9 Å². The molecule has 1 amide bonds. The molecule has 0 bridgehead atoms. The highest BCUT2D eigenvalue weighted by molar-refractivity contribution is 6.34. The van der Waals surface area contributed by atoms with E-state index in [2.05, 4.69) is 11.1 Å². The maximum Gasteiger partial charge on any atom is 0.262 e. The average molecular weight is 353 g/mol. The van der Waals surface area contributed by atoms with Crippen molar-refractivity contribution in [2.75, 3.05) is 11.4 Å². The van der Waals surface area contributed by atoms with Crippen molar-refractivity contribution in [3.8, 4) is 11.1 Å². The van der Waals surface area contributed by atoms with Gasteiger partial charge in [0.1, 0.15) is 5.82 Å². The SMILES string of the molecule is O=C(c1c(F)cccc1Cl)N1CCc2cc(-c3ccncc3)ccc21. The minimum absolute atomic E-state index is 0.0739. The maximum absolute atomic E-state index is 14.1. The first-order chi connectivity index (χ1) is 12.1. The Morgan fingerprint density at radius 3 is 2.64 bits per heavy atom. The number of fused-ring (bicyclic) bond motifs is 1. The molecule has 0 radical (unpaired) electrons.